The van der Waals surface area contributed by atoms with E-state index in [-0.39, 0.29) is 120 Å². The maximum Gasteiger partial charge on any atom is 0.246 e. The summed E-state index contributed by atoms with van der Waals surface area (Å²) >= 11 is 3.87. The van der Waals surface area contributed by atoms with Gasteiger partial charge in [0.2, 0.25) is 47.3 Å². The average molecular weight is 1030 g/mol. The van der Waals surface area contributed by atoms with Crippen LogP contribution in [0.15, 0.2) is 0 Å². The Bertz CT molecular complexity index is 1490. The molecule has 0 aromatic carbocycles. The van der Waals surface area contributed by atoms with Gasteiger partial charge in [0, 0.05) is 57.9 Å². The molecule has 0 aliphatic carbocycles. The van der Waals surface area contributed by atoms with E-state index in [2.05, 4.69) is 38.8 Å². The second kappa shape index (κ2) is 44.6. The maximum absolute atomic E-state index is 13.0. The summed E-state index contributed by atoms with van der Waals surface area (Å²) in [4.78, 5) is 97.9. The average Bonchev–Trinajstić information content (AvgIpc) is 3.34. The molecule has 1 unspecified atom stereocenters. The quantitative estimate of drug-likeness (QED) is 0.0313. The molecular formula is C49H91N9O12S. The lowest BCUT2D eigenvalue weighted by Gasteiger charge is -2.32. The number of piperidine rings is 1. The number of amides is 8. The first-order valence-corrected chi connectivity index (χ1v) is 26.7. The summed E-state index contributed by atoms with van der Waals surface area (Å²) in [5.41, 5.74) is 16.0. The normalized spacial score (nSPS) is 13.6. The van der Waals surface area contributed by atoms with Crippen molar-refractivity contribution in [3.05, 3.63) is 0 Å². The molecule has 1 heterocycles. The molecule has 0 bridgehead atoms. The van der Waals surface area contributed by atoms with Crippen molar-refractivity contribution in [3.63, 3.8) is 0 Å². The van der Waals surface area contributed by atoms with E-state index in [1.54, 1.807) is 0 Å². The molecule has 0 spiro atoms. The van der Waals surface area contributed by atoms with E-state index < -0.39 is 23.9 Å². The maximum atomic E-state index is 13.0. The Morgan fingerprint density at radius 2 is 0.915 bits per heavy atom. The number of ether oxygens (including phenoxy) is 4. The molecule has 0 aromatic heterocycles. The summed E-state index contributed by atoms with van der Waals surface area (Å²) in [6.45, 7) is 2.90. The van der Waals surface area contributed by atoms with Crippen molar-refractivity contribution in [1.82, 2.24) is 30.9 Å². The Morgan fingerprint density at radius 3 is 1.38 bits per heavy atom. The van der Waals surface area contributed by atoms with Crippen LogP contribution in [0.25, 0.3) is 0 Å². The van der Waals surface area contributed by atoms with Crippen LogP contribution in [-0.2, 0) is 57.3 Å². The fraction of sp³-hybridized carbons (Fsp3) is 0.837. The Morgan fingerprint density at radius 1 is 0.479 bits per heavy atom. The third-order valence-corrected chi connectivity index (χ3v) is 12.5. The fourth-order valence-electron chi connectivity index (χ4n) is 7.91. The third-order valence-electron chi connectivity index (χ3n) is 12.2. The number of primary amides is 3. The molecule has 11 N–H and O–H groups in total. The fourth-order valence-corrected chi connectivity index (χ4v) is 8.16. The summed E-state index contributed by atoms with van der Waals surface area (Å²) in [5.74, 6) is -2.82. The lowest BCUT2D eigenvalue weighted by atomic mass is 9.94. The Balaban J connectivity index is 1.99. The Kier molecular flexibility index (Phi) is 40.8. The number of carbonyl (C=O) groups is 8. The number of carbonyl (C=O) groups excluding carboxylic acids is 8. The molecule has 1 fully saturated rings. The predicted octanol–water partition coefficient (Wildman–Crippen LogP) is 2.36. The molecule has 0 radical (unpaired) electrons. The van der Waals surface area contributed by atoms with Gasteiger partial charge in [-0.25, -0.2) is 0 Å². The second-order valence-corrected chi connectivity index (χ2v) is 18.5. The van der Waals surface area contributed by atoms with Crippen LogP contribution in [0.5, 0.6) is 0 Å². The zero-order chi connectivity index (χ0) is 52.2. The number of likely N-dealkylation sites (tertiary alicyclic amines) is 1. The molecule has 1 rings (SSSR count). The lowest BCUT2D eigenvalue weighted by molar-refractivity contribution is -0.136. The largest absolute Gasteiger partial charge is 0.377 e. The van der Waals surface area contributed by atoms with E-state index in [1.807, 2.05) is 4.90 Å². The van der Waals surface area contributed by atoms with Crippen molar-refractivity contribution < 1.29 is 57.3 Å². The molecule has 71 heavy (non-hydrogen) atoms. The van der Waals surface area contributed by atoms with Crippen LogP contribution in [-0.4, -0.2) is 150 Å². The third kappa shape index (κ3) is 38.2. The minimum absolute atomic E-state index is 0.0262. The summed E-state index contributed by atoms with van der Waals surface area (Å²) in [7, 11) is 0. The molecule has 21 nitrogen and oxygen atoms in total. The monoisotopic (exact) mass is 1030 g/mol. The molecule has 1 saturated heterocycles. The molecule has 22 heteroatoms. The molecule has 0 aromatic rings. The lowest BCUT2D eigenvalue weighted by Crippen LogP contribution is -2.49. The predicted molar refractivity (Wildman–Crippen MR) is 273 cm³/mol. The van der Waals surface area contributed by atoms with Crippen molar-refractivity contribution in [2.45, 2.75) is 173 Å². The minimum atomic E-state index is -0.994. The van der Waals surface area contributed by atoms with Gasteiger partial charge in [-0.05, 0) is 51.4 Å². The minimum Gasteiger partial charge on any atom is -0.377 e. The zero-order valence-electron chi connectivity index (χ0n) is 42.6. The number of rotatable bonds is 48. The second-order valence-electron chi connectivity index (χ2n) is 18.2. The first-order chi connectivity index (χ1) is 34.3. The number of nitrogens with two attached hydrogens (primary N) is 3. The van der Waals surface area contributed by atoms with Crippen LogP contribution >= 0.6 is 12.8 Å². The summed E-state index contributed by atoms with van der Waals surface area (Å²) in [6.07, 6.45) is 23.0. The van der Waals surface area contributed by atoms with Gasteiger partial charge in [0.25, 0.3) is 0 Å². The molecule has 2 atom stereocenters. The van der Waals surface area contributed by atoms with Crippen LogP contribution in [0.2, 0.25) is 0 Å². The molecule has 0 saturated carbocycles. The van der Waals surface area contributed by atoms with E-state index >= 15 is 0 Å². The van der Waals surface area contributed by atoms with Gasteiger partial charge in [-0.3, -0.25) is 43.1 Å². The smallest absolute Gasteiger partial charge is 0.246 e. The van der Waals surface area contributed by atoms with Crippen LogP contribution < -0.4 is 43.2 Å². The molecule has 410 valence electrons. The summed E-state index contributed by atoms with van der Waals surface area (Å²) in [6, 6.07) is -1.50. The van der Waals surface area contributed by atoms with Gasteiger partial charge in [-0.15, -0.1) is 0 Å². The summed E-state index contributed by atoms with van der Waals surface area (Å²) < 4.78 is 23.9. The topological polar surface area (TPSA) is 315 Å². The van der Waals surface area contributed by atoms with Gasteiger partial charge in [0.1, 0.15) is 19.3 Å². The van der Waals surface area contributed by atoms with E-state index in [4.69, 9.17) is 36.1 Å². The number of nitrogens with zero attached hydrogens (tertiary/aromatic N) is 1. The Hall–Kier alpha value is -4.09. The zero-order valence-corrected chi connectivity index (χ0v) is 43.5. The first-order valence-electron chi connectivity index (χ1n) is 26.3. The van der Waals surface area contributed by atoms with Crippen molar-refractivity contribution in [3.8, 4) is 0 Å². The van der Waals surface area contributed by atoms with Crippen molar-refractivity contribution in [2.75, 3.05) is 85.6 Å². The van der Waals surface area contributed by atoms with E-state index in [1.165, 1.54) is 70.6 Å². The molecule has 8 amide bonds. The van der Waals surface area contributed by atoms with Gasteiger partial charge in [-0.1, -0.05) is 103 Å². The molecule has 1 aliphatic heterocycles. The van der Waals surface area contributed by atoms with E-state index in [0.29, 0.717) is 64.6 Å². The van der Waals surface area contributed by atoms with Crippen LogP contribution in [0.4, 0.5) is 0 Å². The summed E-state index contributed by atoms with van der Waals surface area (Å²) in [5, 5.41) is 10.8. The van der Waals surface area contributed by atoms with Gasteiger partial charge in [0.15, 0.2) is 0 Å². The highest BCUT2D eigenvalue weighted by Gasteiger charge is 2.29. The highest BCUT2D eigenvalue weighted by molar-refractivity contribution is 7.78. The van der Waals surface area contributed by atoms with Crippen molar-refractivity contribution >= 4 is 60.1 Å². The first kappa shape index (κ1) is 64.9. The van der Waals surface area contributed by atoms with Gasteiger partial charge >= 0.3 is 0 Å². The van der Waals surface area contributed by atoms with Gasteiger partial charge in [0.05, 0.1) is 45.7 Å². The van der Waals surface area contributed by atoms with E-state index in [0.717, 1.165) is 32.1 Å². The van der Waals surface area contributed by atoms with Crippen LogP contribution in [0, 0.1) is 5.92 Å². The highest BCUT2D eigenvalue weighted by atomic mass is 32.1. The number of nitrogens with one attached hydrogen (secondary N) is 5. The SMILES string of the molecule is NC(=O)CCCCCCCCCCCCCCCCCCC(=O)N1CCC(C(=O)NC(CCC(=O)NCCOCCOCC(=O)NCCOCCOCC(=O)NCCCC[C@H](NS)C(N)=O)C(N)=O)CC1. The van der Waals surface area contributed by atoms with Crippen LogP contribution in [0.3, 0.4) is 0 Å². The standard InChI is InChI=1S/C49H91N9O12S/c50-42(59)20-15-13-11-9-7-5-3-1-2-4-6-8-10-12-14-16-21-46(63)58-29-24-39(25-30-58)49(66)56-40(47(51)64)22-23-43(60)54-27-31-67-33-36-70-38-45(62)55-28-32-68-34-35-69-37-44(61)53-26-18-17-19-41(57-71)48(52)65/h39-41,57,71H,1-38H2,(H2,50,59)(H2,51,64)(H2,52,65)(H,53,61)(H,54,60)(H,55,62)(H,56,66)/t40?,41-/m0/s1. The van der Waals surface area contributed by atoms with Crippen molar-refractivity contribution in [2.24, 2.45) is 23.1 Å². The highest BCUT2D eigenvalue weighted by Crippen LogP contribution is 2.20. The number of unbranched alkanes of at least 4 members (excludes halogenated alkanes) is 16. The number of thiol groups is 1. The van der Waals surface area contributed by atoms with Crippen molar-refractivity contribution in [1.29, 1.82) is 0 Å². The number of hydrogen-bond acceptors (Lipinski definition) is 14. The molecule has 1 aliphatic rings. The number of hydrogen-bond donors (Lipinski definition) is 9. The molecular weight excluding hydrogens is 939 g/mol. The van der Waals surface area contributed by atoms with Gasteiger partial charge in [-0.2, -0.15) is 0 Å². The Labute approximate surface area is 428 Å². The van der Waals surface area contributed by atoms with E-state index in [9.17, 15) is 38.4 Å². The van der Waals surface area contributed by atoms with Gasteiger partial charge < -0.3 is 62.3 Å². The van der Waals surface area contributed by atoms with Crippen LogP contribution in [0.1, 0.15) is 161 Å².